The van der Waals surface area contributed by atoms with E-state index in [-0.39, 0.29) is 34.5 Å². The normalized spacial score (nSPS) is 11.8. The minimum atomic E-state index is -4.36. The molecule has 0 fully saturated rings. The van der Waals surface area contributed by atoms with Crippen LogP contribution in [0.4, 0.5) is 0 Å². The van der Waals surface area contributed by atoms with Gasteiger partial charge in [0.2, 0.25) is 0 Å². The zero-order valence-corrected chi connectivity index (χ0v) is 39.3. The standard InChI is InChI=1S/C49H86O3S.Na/c1-4-7-10-13-16-19-22-25-28-31-34-39-44-45(40-35-32-29-26-23-20-17-14-11-8-5-2)47(42-36-33-30-27-24-21-18-15-12-9-6-3)49(53(50,51)52)48-43-38-37-41-46(44)48;/h37-38,41,43H,4-36,39-40,42H2,1-3H3,(H,50,51,52);. The van der Waals surface area contributed by atoms with Gasteiger partial charge in [-0.1, -0.05) is 238 Å². The first-order valence-corrected chi connectivity index (χ1v) is 24.9. The van der Waals surface area contributed by atoms with E-state index in [0.717, 1.165) is 61.3 Å². The van der Waals surface area contributed by atoms with Crippen molar-refractivity contribution in [3.05, 3.63) is 41.0 Å². The summed E-state index contributed by atoms with van der Waals surface area (Å²) in [6.07, 6.45) is 45.6. The van der Waals surface area contributed by atoms with Crippen molar-refractivity contribution in [2.75, 3.05) is 0 Å². The van der Waals surface area contributed by atoms with E-state index >= 15 is 0 Å². The molecule has 0 amide bonds. The van der Waals surface area contributed by atoms with Crippen LogP contribution in [0.1, 0.15) is 249 Å². The van der Waals surface area contributed by atoms with Crippen LogP contribution in [0.2, 0.25) is 0 Å². The molecule has 0 aromatic heterocycles. The molecule has 2 rings (SSSR count). The summed E-state index contributed by atoms with van der Waals surface area (Å²) >= 11 is 0. The molecular formula is C49H86NaO3S. The van der Waals surface area contributed by atoms with Gasteiger partial charge in [-0.15, -0.1) is 0 Å². The van der Waals surface area contributed by atoms with Gasteiger partial charge in [-0.25, -0.2) is 0 Å². The van der Waals surface area contributed by atoms with Gasteiger partial charge in [-0.2, -0.15) is 8.42 Å². The molecular weight excluding hydrogens is 692 g/mol. The molecule has 0 heterocycles. The molecule has 0 atom stereocenters. The van der Waals surface area contributed by atoms with Gasteiger partial charge in [-0.05, 0) is 60.6 Å². The second-order valence-corrected chi connectivity index (χ2v) is 18.0. The van der Waals surface area contributed by atoms with Crippen molar-refractivity contribution >= 4 is 50.4 Å². The quantitative estimate of drug-likeness (QED) is 0.0422. The van der Waals surface area contributed by atoms with Crippen molar-refractivity contribution in [1.29, 1.82) is 0 Å². The van der Waals surface area contributed by atoms with Gasteiger partial charge >= 0.3 is 0 Å². The molecule has 5 heteroatoms. The minimum absolute atomic E-state index is 0. The first kappa shape index (κ1) is 51.6. The SMILES string of the molecule is CCCCCCCCCCCCCc1c(CCCCCCCCCCCCC)c(S(=O)(=O)O)c2ccccc2c1CCCCCCCCCCCCC.[Na]. The van der Waals surface area contributed by atoms with Crippen LogP contribution in [0.25, 0.3) is 10.8 Å². The molecule has 0 aliphatic carbocycles. The van der Waals surface area contributed by atoms with E-state index in [0.29, 0.717) is 0 Å². The predicted molar refractivity (Wildman–Crippen MR) is 240 cm³/mol. The molecule has 0 bridgehead atoms. The summed E-state index contributed by atoms with van der Waals surface area (Å²) in [6, 6.07) is 8.06. The van der Waals surface area contributed by atoms with Gasteiger partial charge in [0, 0.05) is 34.9 Å². The Labute approximate surface area is 358 Å². The fourth-order valence-corrected chi connectivity index (χ4v) is 9.63. The average Bonchev–Trinajstić information content (AvgIpc) is 3.14. The predicted octanol–water partition coefficient (Wildman–Crippen LogP) is 16.3. The van der Waals surface area contributed by atoms with E-state index in [1.165, 1.54) is 197 Å². The van der Waals surface area contributed by atoms with E-state index in [4.69, 9.17) is 0 Å². The molecule has 2 aromatic carbocycles. The summed E-state index contributed by atoms with van der Waals surface area (Å²) in [5, 5.41) is 1.78. The summed E-state index contributed by atoms with van der Waals surface area (Å²) in [4.78, 5) is 0.209. The molecule has 0 saturated heterocycles. The zero-order chi connectivity index (χ0) is 38.2. The number of hydrogen-bond acceptors (Lipinski definition) is 2. The maximum absolute atomic E-state index is 13.2. The Morgan fingerprint density at radius 2 is 0.630 bits per heavy atom. The Hall–Kier alpha value is -0.390. The van der Waals surface area contributed by atoms with E-state index in [1.807, 2.05) is 12.1 Å². The maximum Gasteiger partial charge on any atom is 0.295 e. The summed E-state index contributed by atoms with van der Waals surface area (Å²) in [6.45, 7) is 6.84. The molecule has 1 radical (unpaired) electrons. The van der Waals surface area contributed by atoms with Crippen molar-refractivity contribution in [3.8, 4) is 0 Å². The molecule has 0 saturated carbocycles. The third kappa shape index (κ3) is 23.1. The first-order valence-electron chi connectivity index (χ1n) is 23.5. The second kappa shape index (κ2) is 34.6. The molecule has 54 heavy (non-hydrogen) atoms. The smallest absolute Gasteiger partial charge is 0.282 e. The van der Waals surface area contributed by atoms with Crippen LogP contribution in [-0.2, 0) is 29.4 Å². The van der Waals surface area contributed by atoms with Gasteiger partial charge in [0.15, 0.2) is 0 Å². The van der Waals surface area contributed by atoms with Gasteiger partial charge < -0.3 is 0 Å². The molecule has 0 aliphatic heterocycles. The van der Waals surface area contributed by atoms with Gasteiger partial charge in [0.1, 0.15) is 4.90 Å². The molecule has 1 N–H and O–H groups in total. The van der Waals surface area contributed by atoms with Crippen molar-refractivity contribution in [2.45, 2.75) is 257 Å². The van der Waals surface area contributed by atoms with Crippen LogP contribution >= 0.6 is 0 Å². The fraction of sp³-hybridized carbons (Fsp3) is 0.796. The van der Waals surface area contributed by atoms with Crippen LogP contribution < -0.4 is 0 Å². The van der Waals surface area contributed by atoms with Crippen molar-refractivity contribution in [1.82, 2.24) is 0 Å². The molecule has 307 valence electrons. The topological polar surface area (TPSA) is 54.4 Å². The van der Waals surface area contributed by atoms with Crippen molar-refractivity contribution in [3.63, 3.8) is 0 Å². The zero-order valence-electron chi connectivity index (χ0n) is 36.4. The first-order chi connectivity index (χ1) is 26.0. The molecule has 0 unspecified atom stereocenters. The number of benzene rings is 2. The molecule has 0 spiro atoms. The summed E-state index contributed by atoms with van der Waals surface area (Å²) in [7, 11) is -4.36. The third-order valence-corrected chi connectivity index (χ3v) is 12.8. The number of fused-ring (bicyclic) bond motifs is 1. The van der Waals surface area contributed by atoms with Gasteiger partial charge in [0.25, 0.3) is 10.1 Å². The van der Waals surface area contributed by atoms with Crippen LogP contribution in [-0.4, -0.2) is 42.5 Å². The summed E-state index contributed by atoms with van der Waals surface area (Å²) in [5.74, 6) is 0. The minimum Gasteiger partial charge on any atom is -0.282 e. The van der Waals surface area contributed by atoms with E-state index in [9.17, 15) is 13.0 Å². The monoisotopic (exact) mass is 778 g/mol. The molecule has 3 nitrogen and oxygen atoms in total. The van der Waals surface area contributed by atoms with Crippen LogP contribution in [0.15, 0.2) is 29.2 Å². The largest absolute Gasteiger partial charge is 0.295 e. The Balaban J connectivity index is 0.0000146. The summed E-state index contributed by atoms with van der Waals surface area (Å²) < 4.78 is 37.2. The number of aryl methyl sites for hydroxylation is 1. The van der Waals surface area contributed by atoms with E-state index in [2.05, 4.69) is 32.9 Å². The van der Waals surface area contributed by atoms with Crippen LogP contribution in [0.5, 0.6) is 0 Å². The Bertz CT molecular complexity index is 1270. The van der Waals surface area contributed by atoms with Gasteiger partial charge in [0.05, 0.1) is 0 Å². The Morgan fingerprint density at radius 3 is 0.944 bits per heavy atom. The van der Waals surface area contributed by atoms with Crippen LogP contribution in [0, 0.1) is 0 Å². The van der Waals surface area contributed by atoms with Gasteiger partial charge in [-0.3, -0.25) is 4.55 Å². The second-order valence-electron chi connectivity index (χ2n) is 16.6. The Kier molecular flexibility index (Phi) is 33.1. The van der Waals surface area contributed by atoms with E-state index < -0.39 is 10.1 Å². The fourth-order valence-electron chi connectivity index (χ4n) is 8.63. The average molecular weight is 778 g/mol. The molecule has 2 aromatic rings. The van der Waals surface area contributed by atoms with Crippen molar-refractivity contribution in [2.24, 2.45) is 0 Å². The number of rotatable bonds is 37. The number of hydrogen-bond donors (Lipinski definition) is 1. The van der Waals surface area contributed by atoms with Crippen LogP contribution in [0.3, 0.4) is 0 Å². The maximum atomic E-state index is 13.2. The number of unbranched alkanes of at least 4 members (excludes halogenated alkanes) is 30. The summed E-state index contributed by atoms with van der Waals surface area (Å²) in [5.41, 5.74) is 3.56. The van der Waals surface area contributed by atoms with Crippen molar-refractivity contribution < 1.29 is 13.0 Å². The Morgan fingerprint density at radius 1 is 0.370 bits per heavy atom. The van der Waals surface area contributed by atoms with E-state index in [1.54, 1.807) is 0 Å². The third-order valence-electron chi connectivity index (χ3n) is 11.8. The molecule has 0 aliphatic rings.